The van der Waals surface area contributed by atoms with Crippen LogP contribution in [0, 0.1) is 24.1 Å². The number of hydrogen-bond acceptors (Lipinski definition) is 7. The van der Waals surface area contributed by atoms with Crippen molar-refractivity contribution in [2.24, 2.45) is 0 Å². The van der Waals surface area contributed by atoms with Crippen molar-refractivity contribution in [3.05, 3.63) is 59.9 Å². The molecule has 0 saturated carbocycles. The molecule has 29 heavy (non-hydrogen) atoms. The molecule has 6 nitrogen and oxygen atoms in total. The van der Waals surface area contributed by atoms with Crippen LogP contribution >= 0.6 is 23.1 Å². The number of carbonyl (C=O) groups excluding carboxylic acids is 1. The van der Waals surface area contributed by atoms with Gasteiger partial charge in [0.1, 0.15) is 5.82 Å². The first kappa shape index (κ1) is 20.8. The Morgan fingerprint density at radius 2 is 1.93 bits per heavy atom. The summed E-state index contributed by atoms with van der Waals surface area (Å²) in [4.78, 5) is 14.2. The zero-order chi connectivity index (χ0) is 20.6. The number of halogens is 1. The van der Waals surface area contributed by atoms with Gasteiger partial charge < -0.3 is 10.2 Å². The highest BCUT2D eigenvalue weighted by Gasteiger charge is 2.17. The van der Waals surface area contributed by atoms with E-state index in [1.165, 1.54) is 57.8 Å². The van der Waals surface area contributed by atoms with E-state index in [1.54, 1.807) is 0 Å². The average molecular weight is 428 g/mol. The number of anilines is 3. The number of thioether (sulfide) groups is 1. The second kappa shape index (κ2) is 10.0. The van der Waals surface area contributed by atoms with Crippen LogP contribution in [0.15, 0.2) is 52.9 Å². The number of nitrogens with one attached hydrogen (secondary N) is 1. The van der Waals surface area contributed by atoms with Crippen LogP contribution < -0.4 is 10.2 Å². The number of amides is 1. The molecule has 9 heteroatoms. The van der Waals surface area contributed by atoms with Crippen molar-refractivity contribution in [3.8, 4) is 6.07 Å². The Morgan fingerprint density at radius 3 is 2.62 bits per heavy atom. The number of aryl methyl sites for hydroxylation is 1. The molecule has 1 heterocycles. The van der Waals surface area contributed by atoms with Crippen LogP contribution in [0.1, 0.15) is 12.0 Å². The van der Waals surface area contributed by atoms with Crippen molar-refractivity contribution >= 4 is 45.5 Å². The van der Waals surface area contributed by atoms with Gasteiger partial charge in [-0.15, -0.1) is 10.2 Å². The molecule has 1 amide bonds. The van der Waals surface area contributed by atoms with Crippen LogP contribution in [-0.2, 0) is 4.79 Å². The fourth-order valence-electron chi connectivity index (χ4n) is 2.46. The third-order valence-corrected chi connectivity index (χ3v) is 5.87. The molecule has 2 aromatic carbocycles. The van der Waals surface area contributed by atoms with E-state index >= 15 is 0 Å². The van der Waals surface area contributed by atoms with Crippen molar-refractivity contribution in [1.29, 1.82) is 5.26 Å². The summed E-state index contributed by atoms with van der Waals surface area (Å²) < 4.78 is 13.8. The number of benzene rings is 2. The van der Waals surface area contributed by atoms with Crippen molar-refractivity contribution in [1.82, 2.24) is 10.2 Å². The van der Waals surface area contributed by atoms with Crippen LogP contribution in [0.5, 0.6) is 0 Å². The van der Waals surface area contributed by atoms with E-state index in [-0.39, 0.29) is 30.4 Å². The van der Waals surface area contributed by atoms with Gasteiger partial charge in [-0.05, 0) is 43.3 Å². The van der Waals surface area contributed by atoms with Crippen LogP contribution in [-0.4, -0.2) is 28.4 Å². The second-order valence-electron chi connectivity index (χ2n) is 6.08. The fraction of sp³-hybridized carbons (Fsp3) is 0.200. The lowest BCUT2D eigenvalue weighted by molar-refractivity contribution is -0.116. The van der Waals surface area contributed by atoms with E-state index in [0.29, 0.717) is 15.2 Å². The molecule has 148 valence electrons. The summed E-state index contributed by atoms with van der Waals surface area (Å²) in [6.07, 6.45) is 0.192. The molecule has 1 N–H and O–H groups in total. The average Bonchev–Trinajstić information content (AvgIpc) is 3.17. The summed E-state index contributed by atoms with van der Waals surface area (Å²) in [5.41, 5.74) is 2.65. The molecule has 0 saturated heterocycles. The van der Waals surface area contributed by atoms with E-state index < -0.39 is 0 Å². The number of hydrogen-bond donors (Lipinski definition) is 1. The maximum absolute atomic E-state index is 13.2. The lowest BCUT2D eigenvalue weighted by atomic mass is 10.2. The first-order valence-electron chi connectivity index (χ1n) is 8.78. The molecular formula is C20H18FN5OS2. The summed E-state index contributed by atoms with van der Waals surface area (Å²) in [5, 5.41) is 20.9. The highest BCUT2D eigenvalue weighted by atomic mass is 32.2. The zero-order valence-electron chi connectivity index (χ0n) is 15.6. The van der Waals surface area contributed by atoms with Gasteiger partial charge in [-0.25, -0.2) is 4.39 Å². The maximum Gasteiger partial charge on any atom is 0.237 e. The molecule has 0 aliphatic carbocycles. The quantitative estimate of drug-likeness (QED) is 0.522. The monoisotopic (exact) mass is 427 g/mol. The number of nitriles is 1. The molecule has 0 radical (unpaired) electrons. The highest BCUT2D eigenvalue weighted by molar-refractivity contribution is 8.01. The SMILES string of the molecule is Cc1ccc(Nc2nnc(SCC(=O)N(CCC#N)c3ccc(F)cc3)s2)cc1. The van der Waals surface area contributed by atoms with E-state index in [1.807, 2.05) is 37.3 Å². The molecule has 0 spiro atoms. The van der Waals surface area contributed by atoms with Crippen molar-refractivity contribution in [3.63, 3.8) is 0 Å². The van der Waals surface area contributed by atoms with Crippen LogP contribution in [0.2, 0.25) is 0 Å². The first-order chi connectivity index (χ1) is 14.0. The van der Waals surface area contributed by atoms with Gasteiger partial charge in [0.05, 0.1) is 18.2 Å². The van der Waals surface area contributed by atoms with Gasteiger partial charge in [0, 0.05) is 17.9 Å². The van der Waals surface area contributed by atoms with Gasteiger partial charge in [-0.1, -0.05) is 40.8 Å². The van der Waals surface area contributed by atoms with Crippen molar-refractivity contribution in [2.75, 3.05) is 22.5 Å². The Kier molecular flexibility index (Phi) is 7.16. The Bertz CT molecular complexity index is 999. The van der Waals surface area contributed by atoms with E-state index in [0.717, 1.165) is 5.69 Å². The largest absolute Gasteiger partial charge is 0.330 e. The zero-order valence-corrected chi connectivity index (χ0v) is 17.3. The summed E-state index contributed by atoms with van der Waals surface area (Å²) in [5.74, 6) is -0.416. The molecule has 0 unspecified atom stereocenters. The van der Waals surface area contributed by atoms with Crippen molar-refractivity contribution < 1.29 is 9.18 Å². The molecule has 3 aromatic rings. The highest BCUT2D eigenvalue weighted by Crippen LogP contribution is 2.28. The standard InChI is InChI=1S/C20H18FN5OS2/c1-14-3-7-16(8-4-14)23-19-24-25-20(29-19)28-13-18(27)26(12-2-11-22)17-9-5-15(21)6-10-17/h3-10H,2,12-13H2,1H3,(H,23,24). The molecule has 0 aliphatic rings. The van der Waals surface area contributed by atoms with Crippen LogP contribution in [0.25, 0.3) is 0 Å². The Balaban J connectivity index is 1.60. The summed E-state index contributed by atoms with van der Waals surface area (Å²) in [6, 6.07) is 15.6. The predicted molar refractivity (Wildman–Crippen MR) is 114 cm³/mol. The van der Waals surface area contributed by atoms with Gasteiger partial charge in [0.15, 0.2) is 4.34 Å². The first-order valence-corrected chi connectivity index (χ1v) is 10.6. The number of carbonyl (C=O) groups is 1. The van der Waals surface area contributed by atoms with Crippen LogP contribution in [0.3, 0.4) is 0 Å². The van der Waals surface area contributed by atoms with Gasteiger partial charge in [0.25, 0.3) is 0 Å². The number of aromatic nitrogens is 2. The van der Waals surface area contributed by atoms with E-state index in [4.69, 9.17) is 5.26 Å². The predicted octanol–water partition coefficient (Wildman–Crippen LogP) is 4.77. The summed E-state index contributed by atoms with van der Waals surface area (Å²) in [6.45, 7) is 2.27. The third-order valence-electron chi connectivity index (χ3n) is 3.91. The van der Waals surface area contributed by atoms with Crippen LogP contribution in [0.4, 0.5) is 20.9 Å². The third kappa shape index (κ3) is 6.01. The van der Waals surface area contributed by atoms with Gasteiger partial charge in [-0.3, -0.25) is 4.79 Å². The second-order valence-corrected chi connectivity index (χ2v) is 8.28. The van der Waals surface area contributed by atoms with E-state index in [9.17, 15) is 9.18 Å². The Hall–Kier alpha value is -2.96. The Labute approximate surface area is 176 Å². The lowest BCUT2D eigenvalue weighted by Crippen LogP contribution is -2.33. The molecule has 3 rings (SSSR count). The fourth-order valence-corrected chi connectivity index (χ4v) is 4.11. The van der Waals surface area contributed by atoms with Gasteiger partial charge in [-0.2, -0.15) is 5.26 Å². The summed E-state index contributed by atoms with van der Waals surface area (Å²) >= 11 is 2.64. The molecule has 1 aromatic heterocycles. The molecule has 0 bridgehead atoms. The normalized spacial score (nSPS) is 10.4. The summed E-state index contributed by atoms with van der Waals surface area (Å²) in [7, 11) is 0. The van der Waals surface area contributed by atoms with Gasteiger partial charge in [0.2, 0.25) is 11.0 Å². The van der Waals surface area contributed by atoms with Gasteiger partial charge >= 0.3 is 0 Å². The minimum absolute atomic E-state index is 0.141. The van der Waals surface area contributed by atoms with Crippen molar-refractivity contribution in [2.45, 2.75) is 17.7 Å². The number of rotatable bonds is 8. The smallest absolute Gasteiger partial charge is 0.237 e. The molecule has 0 atom stereocenters. The Morgan fingerprint density at radius 1 is 1.21 bits per heavy atom. The molecule has 0 fully saturated rings. The van der Waals surface area contributed by atoms with E-state index in [2.05, 4.69) is 15.5 Å². The minimum Gasteiger partial charge on any atom is -0.330 e. The lowest BCUT2D eigenvalue weighted by Gasteiger charge is -2.21. The minimum atomic E-state index is -0.377. The number of nitrogens with zero attached hydrogens (tertiary/aromatic N) is 4. The molecular weight excluding hydrogens is 409 g/mol. The maximum atomic E-state index is 13.2. The topological polar surface area (TPSA) is 81.9 Å². The molecule has 0 aliphatic heterocycles.